The van der Waals surface area contributed by atoms with Gasteiger partial charge >= 0.3 is 6.03 Å². The molecule has 2 aromatic rings. The Balaban J connectivity index is 1.55. The normalized spacial score (nSPS) is 16.7. The van der Waals surface area contributed by atoms with Crippen LogP contribution in [0.3, 0.4) is 0 Å². The third-order valence-electron chi connectivity index (χ3n) is 5.07. The number of fused-ring (bicyclic) bond motifs is 1. The molecule has 0 unspecified atom stereocenters. The summed E-state index contributed by atoms with van der Waals surface area (Å²) >= 11 is 0. The minimum absolute atomic E-state index is 0.0644. The van der Waals surface area contributed by atoms with E-state index in [-0.39, 0.29) is 11.6 Å². The number of hydrogen-bond donors (Lipinski definition) is 1. The Morgan fingerprint density at radius 1 is 1.12 bits per heavy atom. The third-order valence-corrected chi connectivity index (χ3v) is 5.07. The summed E-state index contributed by atoms with van der Waals surface area (Å²) in [6.45, 7) is 5.79. The number of rotatable bonds is 4. The lowest BCUT2D eigenvalue weighted by atomic mass is 10.0. The lowest BCUT2D eigenvalue weighted by Gasteiger charge is -2.27. The maximum Gasteiger partial charge on any atom is 0.322 e. The van der Waals surface area contributed by atoms with Crippen LogP contribution in [0.1, 0.15) is 30.9 Å². The van der Waals surface area contributed by atoms with Crippen LogP contribution in [0.25, 0.3) is 0 Å². The predicted molar refractivity (Wildman–Crippen MR) is 101 cm³/mol. The number of hydrogen-bond acceptors (Lipinski definition) is 3. The molecule has 1 heterocycles. The molecule has 1 saturated carbocycles. The Labute approximate surface area is 153 Å². The minimum atomic E-state index is -0.301. The molecule has 2 aliphatic rings. The van der Waals surface area contributed by atoms with Crippen molar-refractivity contribution in [2.75, 3.05) is 24.7 Å². The van der Waals surface area contributed by atoms with E-state index in [1.807, 2.05) is 56.3 Å². The SMILES string of the molecule is CCN(C(=O)NC1(c2ccc3c(c2)OCCO3)CC1)c1cccc(C)c1. The maximum atomic E-state index is 13.0. The first kappa shape index (κ1) is 16.8. The summed E-state index contributed by atoms with van der Waals surface area (Å²) in [5.41, 5.74) is 2.84. The molecule has 1 N–H and O–H groups in total. The van der Waals surface area contributed by atoms with E-state index < -0.39 is 0 Å². The summed E-state index contributed by atoms with van der Waals surface area (Å²) in [5.74, 6) is 1.54. The lowest BCUT2D eigenvalue weighted by molar-refractivity contribution is 0.171. The fourth-order valence-corrected chi connectivity index (χ4v) is 3.46. The van der Waals surface area contributed by atoms with Gasteiger partial charge in [0.25, 0.3) is 0 Å². The van der Waals surface area contributed by atoms with Crippen LogP contribution in [-0.2, 0) is 5.54 Å². The quantitative estimate of drug-likeness (QED) is 0.905. The average Bonchev–Trinajstić information content (AvgIpc) is 3.42. The molecule has 26 heavy (non-hydrogen) atoms. The maximum absolute atomic E-state index is 13.0. The zero-order valence-corrected chi connectivity index (χ0v) is 15.2. The summed E-state index contributed by atoms with van der Waals surface area (Å²) in [5, 5.41) is 3.25. The largest absolute Gasteiger partial charge is 0.486 e. The number of urea groups is 1. The molecule has 5 nitrogen and oxygen atoms in total. The van der Waals surface area contributed by atoms with E-state index in [2.05, 4.69) is 5.32 Å². The standard InChI is InChI=1S/C21H24N2O3/c1-3-23(17-6-4-5-15(2)13-17)20(24)22-21(9-10-21)16-7-8-18-19(14-16)26-12-11-25-18/h4-8,13-14H,3,9-12H2,1-2H3,(H,22,24). The third kappa shape index (κ3) is 3.09. The fourth-order valence-electron chi connectivity index (χ4n) is 3.46. The monoisotopic (exact) mass is 352 g/mol. The number of nitrogens with zero attached hydrogens (tertiary/aromatic N) is 1. The number of aryl methyl sites for hydroxylation is 1. The molecule has 1 aliphatic carbocycles. The van der Waals surface area contributed by atoms with Gasteiger partial charge < -0.3 is 14.8 Å². The zero-order valence-electron chi connectivity index (χ0n) is 15.2. The second-order valence-electron chi connectivity index (χ2n) is 6.95. The number of carbonyl (C=O) groups excluding carboxylic acids is 1. The molecule has 4 rings (SSSR count). The average molecular weight is 352 g/mol. The molecule has 0 spiro atoms. The van der Waals surface area contributed by atoms with Gasteiger partial charge in [-0.3, -0.25) is 4.90 Å². The molecular weight excluding hydrogens is 328 g/mol. The topological polar surface area (TPSA) is 50.8 Å². The van der Waals surface area contributed by atoms with Crippen molar-refractivity contribution in [1.29, 1.82) is 0 Å². The van der Waals surface area contributed by atoms with Crippen LogP contribution < -0.4 is 19.7 Å². The highest BCUT2D eigenvalue weighted by molar-refractivity contribution is 5.92. The van der Waals surface area contributed by atoms with Gasteiger partial charge in [-0.25, -0.2) is 4.79 Å². The molecular formula is C21H24N2O3. The van der Waals surface area contributed by atoms with Crippen molar-refractivity contribution in [2.45, 2.75) is 32.2 Å². The van der Waals surface area contributed by atoms with Gasteiger partial charge in [0, 0.05) is 12.2 Å². The molecule has 2 amide bonds. The number of benzene rings is 2. The molecule has 0 bridgehead atoms. The molecule has 0 aromatic heterocycles. The van der Waals surface area contributed by atoms with E-state index >= 15 is 0 Å². The van der Waals surface area contributed by atoms with Crippen LogP contribution in [0.4, 0.5) is 10.5 Å². The number of carbonyl (C=O) groups is 1. The molecule has 0 radical (unpaired) electrons. The summed E-state index contributed by atoms with van der Waals surface area (Å²) in [4.78, 5) is 14.7. The number of anilines is 1. The van der Waals surface area contributed by atoms with Crippen molar-refractivity contribution in [3.8, 4) is 11.5 Å². The minimum Gasteiger partial charge on any atom is -0.486 e. The fraction of sp³-hybridized carbons (Fsp3) is 0.381. The summed E-state index contributed by atoms with van der Waals surface area (Å²) in [6.07, 6.45) is 1.87. The van der Waals surface area contributed by atoms with Crippen molar-refractivity contribution in [3.05, 3.63) is 53.6 Å². The van der Waals surface area contributed by atoms with Crippen LogP contribution in [-0.4, -0.2) is 25.8 Å². The van der Waals surface area contributed by atoms with Gasteiger partial charge in [0.15, 0.2) is 11.5 Å². The predicted octanol–water partition coefficient (Wildman–Crippen LogP) is 3.99. The number of nitrogens with one attached hydrogen (secondary N) is 1. The van der Waals surface area contributed by atoms with Gasteiger partial charge in [0.1, 0.15) is 13.2 Å². The van der Waals surface area contributed by atoms with Gasteiger partial charge in [-0.2, -0.15) is 0 Å². The molecule has 2 aromatic carbocycles. The Morgan fingerprint density at radius 2 is 1.88 bits per heavy atom. The van der Waals surface area contributed by atoms with Gasteiger partial charge in [0.05, 0.1) is 5.54 Å². The smallest absolute Gasteiger partial charge is 0.322 e. The van der Waals surface area contributed by atoms with Crippen LogP contribution in [0, 0.1) is 6.92 Å². The summed E-state index contributed by atoms with van der Waals surface area (Å²) in [7, 11) is 0. The van der Waals surface area contributed by atoms with E-state index in [0.29, 0.717) is 19.8 Å². The van der Waals surface area contributed by atoms with Gasteiger partial charge in [-0.15, -0.1) is 0 Å². The second kappa shape index (κ2) is 6.56. The van der Waals surface area contributed by atoms with E-state index in [9.17, 15) is 4.79 Å². The first-order valence-electron chi connectivity index (χ1n) is 9.18. The van der Waals surface area contributed by atoms with Crippen molar-refractivity contribution >= 4 is 11.7 Å². The van der Waals surface area contributed by atoms with Crippen molar-refractivity contribution < 1.29 is 14.3 Å². The van der Waals surface area contributed by atoms with Crippen molar-refractivity contribution in [3.63, 3.8) is 0 Å². The van der Waals surface area contributed by atoms with Gasteiger partial charge in [0.2, 0.25) is 0 Å². The first-order chi connectivity index (χ1) is 12.6. The molecule has 1 fully saturated rings. The highest BCUT2D eigenvalue weighted by atomic mass is 16.6. The van der Waals surface area contributed by atoms with Crippen LogP contribution in [0.15, 0.2) is 42.5 Å². The van der Waals surface area contributed by atoms with E-state index in [1.165, 1.54) is 0 Å². The molecule has 0 saturated heterocycles. The van der Waals surface area contributed by atoms with Crippen LogP contribution >= 0.6 is 0 Å². The number of amides is 2. The van der Waals surface area contributed by atoms with Gasteiger partial charge in [-0.1, -0.05) is 18.2 Å². The van der Waals surface area contributed by atoms with Crippen molar-refractivity contribution in [2.24, 2.45) is 0 Å². The van der Waals surface area contributed by atoms with E-state index in [0.717, 1.165) is 41.2 Å². The second-order valence-corrected chi connectivity index (χ2v) is 6.95. The summed E-state index contributed by atoms with van der Waals surface area (Å²) in [6, 6.07) is 13.9. The lowest BCUT2D eigenvalue weighted by Crippen LogP contribution is -2.45. The highest BCUT2D eigenvalue weighted by Crippen LogP contribution is 2.48. The Bertz CT molecular complexity index is 830. The van der Waals surface area contributed by atoms with E-state index in [1.54, 1.807) is 4.90 Å². The Morgan fingerprint density at radius 3 is 2.58 bits per heavy atom. The Kier molecular flexibility index (Phi) is 4.23. The molecule has 136 valence electrons. The zero-order chi connectivity index (χ0) is 18.1. The molecule has 5 heteroatoms. The van der Waals surface area contributed by atoms with Gasteiger partial charge in [-0.05, 0) is 62.1 Å². The Hall–Kier alpha value is -2.69. The first-order valence-corrected chi connectivity index (χ1v) is 9.18. The summed E-state index contributed by atoms with van der Waals surface area (Å²) < 4.78 is 11.3. The van der Waals surface area contributed by atoms with Crippen LogP contribution in [0.5, 0.6) is 11.5 Å². The number of ether oxygens (including phenoxy) is 2. The molecule has 0 atom stereocenters. The van der Waals surface area contributed by atoms with Crippen LogP contribution in [0.2, 0.25) is 0 Å². The molecule has 1 aliphatic heterocycles. The van der Waals surface area contributed by atoms with E-state index in [4.69, 9.17) is 9.47 Å². The van der Waals surface area contributed by atoms with Crippen molar-refractivity contribution in [1.82, 2.24) is 5.32 Å². The highest BCUT2D eigenvalue weighted by Gasteiger charge is 2.47.